The molecular weight excluding hydrogens is 265 g/mol. The first-order valence-corrected chi connectivity index (χ1v) is 7.11. The van der Waals surface area contributed by atoms with Crippen molar-refractivity contribution in [3.05, 3.63) is 41.8 Å². The first-order chi connectivity index (χ1) is 9.28. The van der Waals surface area contributed by atoms with Gasteiger partial charge in [0.1, 0.15) is 5.82 Å². The van der Waals surface area contributed by atoms with Crippen molar-refractivity contribution in [3.63, 3.8) is 0 Å². The fourth-order valence-electron chi connectivity index (χ4n) is 1.55. The van der Waals surface area contributed by atoms with Gasteiger partial charge in [-0.3, -0.25) is 0 Å². The zero-order valence-electron chi connectivity index (χ0n) is 10.7. The van der Waals surface area contributed by atoms with Crippen LogP contribution in [-0.2, 0) is 12.2 Å². The molecule has 0 aliphatic carbocycles. The van der Waals surface area contributed by atoms with Crippen LogP contribution in [0.3, 0.4) is 0 Å². The molecule has 1 aromatic carbocycles. The Balaban J connectivity index is 1.81. The minimum Gasteiger partial charge on any atom is -0.339 e. The van der Waals surface area contributed by atoms with Crippen molar-refractivity contribution in [1.82, 2.24) is 15.5 Å². The molecule has 0 bridgehead atoms. The molecule has 19 heavy (non-hydrogen) atoms. The minimum atomic E-state index is -0.226. The molecule has 1 aromatic heterocycles. The summed E-state index contributed by atoms with van der Waals surface area (Å²) in [6, 6.07) is 6.38. The molecule has 1 heterocycles. The van der Waals surface area contributed by atoms with Gasteiger partial charge in [0.15, 0.2) is 5.82 Å². The Kier molecular flexibility index (Phi) is 5.35. The molecule has 2 rings (SSSR count). The van der Waals surface area contributed by atoms with Crippen LogP contribution < -0.4 is 5.32 Å². The summed E-state index contributed by atoms with van der Waals surface area (Å²) in [4.78, 5) is 5.30. The predicted molar refractivity (Wildman–Crippen MR) is 72.5 cm³/mol. The molecular formula is C13H16FN3OS. The van der Waals surface area contributed by atoms with Gasteiger partial charge in [0, 0.05) is 11.3 Å². The third-order valence-electron chi connectivity index (χ3n) is 2.51. The Bertz CT molecular complexity index is 501. The van der Waals surface area contributed by atoms with Crippen LogP contribution in [0.1, 0.15) is 18.1 Å². The van der Waals surface area contributed by atoms with Crippen molar-refractivity contribution < 1.29 is 8.91 Å². The summed E-state index contributed by atoms with van der Waals surface area (Å²) in [5, 5.41) is 7.00. The van der Waals surface area contributed by atoms with Crippen LogP contribution >= 0.6 is 11.8 Å². The van der Waals surface area contributed by atoms with Crippen LogP contribution in [0, 0.1) is 5.82 Å². The summed E-state index contributed by atoms with van der Waals surface area (Å²) < 4.78 is 17.9. The third-order valence-corrected chi connectivity index (χ3v) is 3.52. The highest BCUT2D eigenvalue weighted by Gasteiger charge is 2.06. The van der Waals surface area contributed by atoms with Crippen LogP contribution in [0.5, 0.6) is 0 Å². The summed E-state index contributed by atoms with van der Waals surface area (Å²) in [5.41, 5.74) is 0. The highest BCUT2D eigenvalue weighted by Crippen LogP contribution is 2.21. The summed E-state index contributed by atoms with van der Waals surface area (Å²) in [7, 11) is 1.92. The molecule has 102 valence electrons. The predicted octanol–water partition coefficient (Wildman–Crippen LogP) is 2.65. The molecule has 0 saturated heterocycles. The van der Waals surface area contributed by atoms with E-state index in [4.69, 9.17) is 4.52 Å². The molecule has 0 amide bonds. The van der Waals surface area contributed by atoms with E-state index in [1.807, 2.05) is 7.05 Å². The number of hydrogen-bond donors (Lipinski definition) is 1. The lowest BCUT2D eigenvalue weighted by Crippen LogP contribution is -2.08. The zero-order chi connectivity index (χ0) is 13.5. The van der Waals surface area contributed by atoms with Gasteiger partial charge in [0.25, 0.3) is 0 Å². The number of benzene rings is 1. The van der Waals surface area contributed by atoms with Gasteiger partial charge in [0.2, 0.25) is 5.89 Å². The first kappa shape index (κ1) is 14.0. The van der Waals surface area contributed by atoms with E-state index < -0.39 is 0 Å². The van der Waals surface area contributed by atoms with E-state index >= 15 is 0 Å². The normalized spacial score (nSPS) is 10.8. The smallest absolute Gasteiger partial charge is 0.226 e. The Morgan fingerprint density at radius 2 is 2.11 bits per heavy atom. The lowest BCUT2D eigenvalue weighted by atomic mass is 10.3. The highest BCUT2D eigenvalue weighted by atomic mass is 32.2. The Morgan fingerprint density at radius 1 is 1.32 bits per heavy atom. The maximum absolute atomic E-state index is 12.7. The number of thioether (sulfide) groups is 1. The summed E-state index contributed by atoms with van der Waals surface area (Å²) in [6.45, 7) is 0.933. The molecule has 0 spiro atoms. The summed E-state index contributed by atoms with van der Waals surface area (Å²) in [6.07, 6.45) is 1.76. The fraction of sp³-hybridized carbons (Fsp3) is 0.385. The monoisotopic (exact) mass is 281 g/mol. The number of aryl methyl sites for hydroxylation is 1. The molecule has 1 N–H and O–H groups in total. The zero-order valence-corrected chi connectivity index (χ0v) is 11.5. The van der Waals surface area contributed by atoms with Crippen LogP contribution in [0.2, 0.25) is 0 Å². The lowest BCUT2D eigenvalue weighted by Gasteiger charge is -1.97. The topological polar surface area (TPSA) is 51.0 Å². The third kappa shape index (κ3) is 4.65. The van der Waals surface area contributed by atoms with Gasteiger partial charge in [-0.25, -0.2) is 4.39 Å². The molecule has 0 atom stereocenters. The van der Waals surface area contributed by atoms with E-state index in [2.05, 4.69) is 15.5 Å². The number of nitrogens with one attached hydrogen (secondary N) is 1. The number of nitrogens with zero attached hydrogens (tertiary/aromatic N) is 2. The number of halogens is 1. The van der Waals surface area contributed by atoms with E-state index in [-0.39, 0.29) is 5.82 Å². The van der Waals surface area contributed by atoms with Crippen LogP contribution in [0.4, 0.5) is 4.39 Å². The summed E-state index contributed by atoms with van der Waals surface area (Å²) >= 11 is 1.56. The van der Waals surface area contributed by atoms with Gasteiger partial charge in [0.05, 0.1) is 5.75 Å². The van der Waals surface area contributed by atoms with Gasteiger partial charge in [-0.15, -0.1) is 11.8 Å². The van der Waals surface area contributed by atoms with E-state index in [0.717, 1.165) is 24.3 Å². The molecule has 0 aliphatic heterocycles. The lowest BCUT2D eigenvalue weighted by molar-refractivity contribution is 0.371. The molecule has 0 aliphatic rings. The van der Waals surface area contributed by atoms with E-state index in [9.17, 15) is 4.39 Å². The summed E-state index contributed by atoms with van der Waals surface area (Å²) in [5.74, 6) is 1.75. The van der Waals surface area contributed by atoms with Crippen LogP contribution in [0.25, 0.3) is 0 Å². The molecule has 0 fully saturated rings. The van der Waals surface area contributed by atoms with E-state index in [1.165, 1.54) is 12.1 Å². The second-order valence-corrected chi connectivity index (χ2v) is 5.10. The van der Waals surface area contributed by atoms with Gasteiger partial charge >= 0.3 is 0 Å². The Hall–Kier alpha value is -1.40. The van der Waals surface area contributed by atoms with Crippen LogP contribution in [0.15, 0.2) is 33.7 Å². The van der Waals surface area contributed by atoms with Crippen LogP contribution in [-0.4, -0.2) is 23.7 Å². The average molecular weight is 281 g/mol. The second kappa shape index (κ2) is 7.25. The van der Waals surface area contributed by atoms with E-state index in [1.54, 1.807) is 23.9 Å². The molecule has 0 saturated carbocycles. The number of rotatable bonds is 7. The van der Waals surface area contributed by atoms with Gasteiger partial charge in [-0.1, -0.05) is 5.16 Å². The standard InChI is InChI=1S/C13H16FN3OS/c1-15-8-2-3-13-16-12(17-18-13)9-19-11-6-4-10(14)5-7-11/h4-7,15H,2-3,8-9H2,1H3. The molecule has 0 unspecified atom stereocenters. The SMILES string of the molecule is CNCCCc1nc(CSc2ccc(F)cc2)no1. The van der Waals surface area contributed by atoms with E-state index in [0.29, 0.717) is 17.5 Å². The highest BCUT2D eigenvalue weighted by molar-refractivity contribution is 7.98. The van der Waals surface area contributed by atoms with Crippen molar-refractivity contribution in [2.45, 2.75) is 23.5 Å². The van der Waals surface area contributed by atoms with Crippen molar-refractivity contribution in [1.29, 1.82) is 0 Å². The van der Waals surface area contributed by atoms with Gasteiger partial charge in [-0.2, -0.15) is 4.98 Å². The number of aromatic nitrogens is 2. The maximum atomic E-state index is 12.7. The second-order valence-electron chi connectivity index (χ2n) is 4.05. The quantitative estimate of drug-likeness (QED) is 0.624. The minimum absolute atomic E-state index is 0.226. The fourth-order valence-corrected chi connectivity index (χ4v) is 2.29. The first-order valence-electron chi connectivity index (χ1n) is 6.12. The van der Waals surface area contributed by atoms with Crippen molar-refractivity contribution in [2.24, 2.45) is 0 Å². The average Bonchev–Trinajstić information content (AvgIpc) is 2.86. The molecule has 6 heteroatoms. The van der Waals surface area contributed by atoms with Crippen molar-refractivity contribution >= 4 is 11.8 Å². The van der Waals surface area contributed by atoms with Gasteiger partial charge in [-0.05, 0) is 44.3 Å². The van der Waals surface area contributed by atoms with Gasteiger partial charge < -0.3 is 9.84 Å². The largest absolute Gasteiger partial charge is 0.339 e. The van der Waals surface area contributed by atoms with Crippen molar-refractivity contribution in [3.8, 4) is 0 Å². The van der Waals surface area contributed by atoms with Crippen molar-refractivity contribution in [2.75, 3.05) is 13.6 Å². The molecule has 2 aromatic rings. The molecule has 0 radical (unpaired) electrons. The Morgan fingerprint density at radius 3 is 2.84 bits per heavy atom. The Labute approximate surface area is 115 Å². The molecule has 4 nitrogen and oxygen atoms in total. The maximum Gasteiger partial charge on any atom is 0.226 e. The number of hydrogen-bond acceptors (Lipinski definition) is 5.